The fourth-order valence-electron chi connectivity index (χ4n) is 3.09. The van der Waals surface area contributed by atoms with E-state index in [1.807, 2.05) is 0 Å². The average Bonchev–Trinajstić information content (AvgIpc) is 2.51. The molecule has 1 saturated heterocycles. The van der Waals surface area contributed by atoms with Crippen molar-refractivity contribution < 1.29 is 0 Å². The van der Waals surface area contributed by atoms with Crippen LogP contribution < -0.4 is 0 Å². The molecule has 0 unspecified atom stereocenters. The smallest absolute Gasteiger partial charge is 0.0866 e. The maximum absolute atomic E-state index is 8.68. The van der Waals surface area contributed by atoms with Crippen LogP contribution in [0.15, 0.2) is 0 Å². The van der Waals surface area contributed by atoms with E-state index in [4.69, 9.17) is 5.26 Å². The highest BCUT2D eigenvalue weighted by Crippen LogP contribution is 2.11. The van der Waals surface area contributed by atoms with Crippen molar-refractivity contribution in [3.8, 4) is 6.07 Å². The first kappa shape index (κ1) is 18.5. The monoisotopic (exact) mass is 293 g/mol. The van der Waals surface area contributed by atoms with Gasteiger partial charge in [0.1, 0.15) is 0 Å². The Morgan fingerprint density at radius 2 is 1.19 bits per heavy atom. The van der Waals surface area contributed by atoms with Crippen molar-refractivity contribution in [1.29, 1.82) is 5.26 Å². The summed E-state index contributed by atoms with van der Waals surface area (Å²) < 4.78 is 0. The van der Waals surface area contributed by atoms with Crippen molar-refractivity contribution in [2.24, 2.45) is 0 Å². The third-order valence-electron chi connectivity index (χ3n) is 4.59. The SMILES string of the molecule is CCCCCCCCCCCCN1CCN(CC#N)CC1. The van der Waals surface area contributed by atoms with Crippen LogP contribution in [0.1, 0.15) is 71.1 Å². The van der Waals surface area contributed by atoms with Crippen molar-refractivity contribution in [3.63, 3.8) is 0 Å². The van der Waals surface area contributed by atoms with Crippen LogP contribution in [0, 0.1) is 11.3 Å². The molecule has 0 spiro atoms. The Balaban J connectivity index is 1.82. The van der Waals surface area contributed by atoms with E-state index in [9.17, 15) is 0 Å². The molecule has 3 nitrogen and oxygen atoms in total. The molecule has 1 aliphatic heterocycles. The highest BCUT2D eigenvalue weighted by atomic mass is 15.3. The molecule has 0 N–H and O–H groups in total. The van der Waals surface area contributed by atoms with Crippen LogP contribution in [-0.2, 0) is 0 Å². The molecule has 0 atom stereocenters. The van der Waals surface area contributed by atoms with E-state index < -0.39 is 0 Å². The summed E-state index contributed by atoms with van der Waals surface area (Å²) in [6.07, 6.45) is 14.1. The van der Waals surface area contributed by atoms with Gasteiger partial charge in [0.15, 0.2) is 0 Å². The molecule has 1 aliphatic rings. The Labute approximate surface area is 132 Å². The molecule has 0 amide bonds. The molecule has 1 fully saturated rings. The summed E-state index contributed by atoms with van der Waals surface area (Å²) in [6, 6.07) is 2.25. The van der Waals surface area contributed by atoms with Gasteiger partial charge in [0, 0.05) is 26.2 Å². The fourth-order valence-corrected chi connectivity index (χ4v) is 3.09. The first-order chi connectivity index (χ1) is 10.4. The average molecular weight is 293 g/mol. The number of hydrogen-bond acceptors (Lipinski definition) is 3. The summed E-state index contributed by atoms with van der Waals surface area (Å²) in [5, 5.41) is 8.68. The van der Waals surface area contributed by atoms with Crippen LogP contribution in [0.5, 0.6) is 0 Å². The van der Waals surface area contributed by atoms with Crippen molar-refractivity contribution in [3.05, 3.63) is 0 Å². The Morgan fingerprint density at radius 3 is 1.71 bits per heavy atom. The predicted octanol–water partition coefficient (Wildman–Crippen LogP) is 4.05. The minimum atomic E-state index is 0.603. The van der Waals surface area contributed by atoms with Gasteiger partial charge in [-0.1, -0.05) is 64.7 Å². The number of unbranched alkanes of at least 4 members (excludes halogenated alkanes) is 9. The van der Waals surface area contributed by atoms with Gasteiger partial charge >= 0.3 is 0 Å². The lowest BCUT2D eigenvalue weighted by molar-refractivity contribution is 0.142. The van der Waals surface area contributed by atoms with Crippen molar-refractivity contribution in [1.82, 2.24) is 9.80 Å². The largest absolute Gasteiger partial charge is 0.301 e. The van der Waals surface area contributed by atoms with Crippen LogP contribution in [0.4, 0.5) is 0 Å². The van der Waals surface area contributed by atoms with E-state index >= 15 is 0 Å². The molecule has 0 aliphatic carbocycles. The maximum Gasteiger partial charge on any atom is 0.0866 e. The number of rotatable bonds is 12. The van der Waals surface area contributed by atoms with Gasteiger partial charge in [-0.15, -0.1) is 0 Å². The van der Waals surface area contributed by atoms with Gasteiger partial charge in [-0.3, -0.25) is 4.90 Å². The summed E-state index contributed by atoms with van der Waals surface area (Å²) in [5.74, 6) is 0. The second-order valence-corrected chi connectivity index (χ2v) is 6.46. The second kappa shape index (κ2) is 13.1. The molecular weight excluding hydrogens is 258 g/mol. The Bertz CT molecular complexity index is 264. The Morgan fingerprint density at radius 1 is 0.714 bits per heavy atom. The van der Waals surface area contributed by atoms with E-state index in [-0.39, 0.29) is 0 Å². The molecule has 1 rings (SSSR count). The zero-order valence-corrected chi connectivity index (χ0v) is 14.2. The molecular formula is C18H35N3. The van der Waals surface area contributed by atoms with Crippen LogP contribution in [0.25, 0.3) is 0 Å². The van der Waals surface area contributed by atoms with Gasteiger partial charge in [0.2, 0.25) is 0 Å². The molecule has 0 bridgehead atoms. The number of hydrogen-bond donors (Lipinski definition) is 0. The first-order valence-corrected chi connectivity index (χ1v) is 9.18. The fraction of sp³-hybridized carbons (Fsp3) is 0.944. The molecule has 3 heteroatoms. The molecule has 1 heterocycles. The summed E-state index contributed by atoms with van der Waals surface area (Å²) in [5.41, 5.74) is 0. The standard InChI is InChI=1S/C18H35N3/c1-2-3-4-5-6-7-8-9-10-11-13-20-15-17-21(14-12-19)18-16-20/h2-11,13-18H2,1H3. The number of piperazine rings is 1. The van der Waals surface area contributed by atoms with Crippen molar-refractivity contribution in [2.45, 2.75) is 71.1 Å². The first-order valence-electron chi connectivity index (χ1n) is 9.18. The van der Waals surface area contributed by atoms with Crippen LogP contribution in [0.2, 0.25) is 0 Å². The molecule has 0 aromatic carbocycles. The van der Waals surface area contributed by atoms with Crippen molar-refractivity contribution >= 4 is 0 Å². The zero-order chi connectivity index (χ0) is 15.2. The highest BCUT2D eigenvalue weighted by molar-refractivity contribution is 4.80. The van der Waals surface area contributed by atoms with E-state index in [0.29, 0.717) is 6.54 Å². The van der Waals surface area contributed by atoms with E-state index in [1.54, 1.807) is 0 Å². The van der Waals surface area contributed by atoms with Crippen LogP contribution in [-0.4, -0.2) is 49.1 Å². The third-order valence-corrected chi connectivity index (χ3v) is 4.59. The number of nitrogens with zero attached hydrogens (tertiary/aromatic N) is 3. The quantitative estimate of drug-likeness (QED) is 0.402. The number of nitriles is 1. The molecule has 0 radical (unpaired) electrons. The molecule has 0 aromatic heterocycles. The van der Waals surface area contributed by atoms with Crippen LogP contribution in [0.3, 0.4) is 0 Å². The second-order valence-electron chi connectivity index (χ2n) is 6.46. The minimum Gasteiger partial charge on any atom is -0.301 e. The lowest BCUT2D eigenvalue weighted by Gasteiger charge is -2.33. The summed E-state index contributed by atoms with van der Waals surface area (Å²) in [7, 11) is 0. The van der Waals surface area contributed by atoms with E-state index in [2.05, 4.69) is 22.8 Å². The lowest BCUT2D eigenvalue weighted by Crippen LogP contribution is -2.46. The molecule has 122 valence electrons. The van der Waals surface area contributed by atoms with Gasteiger partial charge < -0.3 is 4.90 Å². The Hall–Kier alpha value is -0.590. The molecule has 0 saturated carbocycles. The maximum atomic E-state index is 8.68. The van der Waals surface area contributed by atoms with Gasteiger partial charge in [-0.2, -0.15) is 5.26 Å². The van der Waals surface area contributed by atoms with Gasteiger partial charge in [0.25, 0.3) is 0 Å². The lowest BCUT2D eigenvalue weighted by atomic mass is 10.1. The predicted molar refractivity (Wildman–Crippen MR) is 90.3 cm³/mol. The van der Waals surface area contributed by atoms with Gasteiger partial charge in [0.05, 0.1) is 12.6 Å². The van der Waals surface area contributed by atoms with E-state index in [0.717, 1.165) is 26.2 Å². The van der Waals surface area contributed by atoms with Crippen LogP contribution >= 0.6 is 0 Å². The summed E-state index contributed by atoms with van der Waals surface area (Å²) >= 11 is 0. The zero-order valence-electron chi connectivity index (χ0n) is 14.2. The summed E-state index contributed by atoms with van der Waals surface area (Å²) in [4.78, 5) is 4.83. The Kier molecular flexibility index (Phi) is 11.5. The normalized spacial score (nSPS) is 17.0. The third kappa shape index (κ3) is 9.87. The minimum absolute atomic E-state index is 0.603. The topological polar surface area (TPSA) is 30.3 Å². The van der Waals surface area contributed by atoms with Crippen molar-refractivity contribution in [2.75, 3.05) is 39.3 Å². The van der Waals surface area contributed by atoms with Gasteiger partial charge in [-0.05, 0) is 13.0 Å². The highest BCUT2D eigenvalue weighted by Gasteiger charge is 2.15. The van der Waals surface area contributed by atoms with E-state index in [1.165, 1.54) is 70.8 Å². The molecule has 21 heavy (non-hydrogen) atoms. The molecule has 0 aromatic rings. The summed E-state index contributed by atoms with van der Waals surface area (Å²) in [6.45, 7) is 8.60. The van der Waals surface area contributed by atoms with Gasteiger partial charge in [-0.25, -0.2) is 0 Å².